The third kappa shape index (κ3) is 10.7. The third-order valence-electron chi connectivity index (χ3n) is 3.75. The zero-order valence-electron chi connectivity index (χ0n) is 14.2. The Kier molecular flexibility index (Phi) is 10.9. The lowest BCUT2D eigenvalue weighted by molar-refractivity contribution is -0.138. The van der Waals surface area contributed by atoms with Crippen molar-refractivity contribution in [1.82, 2.24) is 0 Å². The summed E-state index contributed by atoms with van der Waals surface area (Å²) in [5.74, 6) is -0.849. The Labute approximate surface area is 140 Å². The molecule has 0 aromatic rings. The summed E-state index contributed by atoms with van der Waals surface area (Å²) in [7, 11) is 0. The van der Waals surface area contributed by atoms with Crippen LogP contribution in [-0.2, 0) is 9.53 Å². The van der Waals surface area contributed by atoms with E-state index in [-0.39, 0.29) is 6.10 Å². The van der Waals surface area contributed by atoms with Gasteiger partial charge in [0.15, 0.2) is 6.10 Å². The van der Waals surface area contributed by atoms with Crippen molar-refractivity contribution in [2.45, 2.75) is 70.5 Å². The molecule has 1 heterocycles. The molecule has 1 N–H and O–H groups in total. The van der Waals surface area contributed by atoms with E-state index in [4.69, 9.17) is 9.84 Å². The number of hydrogen-bond acceptors (Lipinski definition) is 2. The molecule has 0 saturated carbocycles. The van der Waals surface area contributed by atoms with Crippen LogP contribution in [0.15, 0.2) is 48.6 Å². The summed E-state index contributed by atoms with van der Waals surface area (Å²) in [6.07, 6.45) is 25.2. The lowest BCUT2D eigenvalue weighted by Crippen LogP contribution is -2.07. The van der Waals surface area contributed by atoms with Crippen LogP contribution in [0.5, 0.6) is 0 Å². The number of hydrogen-bond donors (Lipinski definition) is 1. The minimum Gasteiger partial charge on any atom is -0.479 e. The smallest absolute Gasteiger partial charge is 0.335 e. The molecule has 1 saturated heterocycles. The first-order chi connectivity index (χ1) is 11.3. The Morgan fingerprint density at radius 2 is 1.52 bits per heavy atom. The highest BCUT2D eigenvalue weighted by Crippen LogP contribution is 2.26. The van der Waals surface area contributed by atoms with Gasteiger partial charge < -0.3 is 9.84 Å². The number of aliphatic carboxylic acids is 1. The van der Waals surface area contributed by atoms with E-state index in [0.29, 0.717) is 0 Å². The minimum atomic E-state index is -0.849. The van der Waals surface area contributed by atoms with Crippen LogP contribution in [0.4, 0.5) is 0 Å². The molecule has 0 radical (unpaired) electrons. The van der Waals surface area contributed by atoms with Gasteiger partial charge in [-0.05, 0) is 25.7 Å². The van der Waals surface area contributed by atoms with Gasteiger partial charge in [-0.2, -0.15) is 0 Å². The van der Waals surface area contributed by atoms with Crippen molar-refractivity contribution in [3.05, 3.63) is 48.6 Å². The summed E-state index contributed by atoms with van der Waals surface area (Å²) in [4.78, 5) is 10.6. The number of unbranched alkanes of at least 4 members (excludes halogenated alkanes) is 5. The molecule has 0 amide bonds. The molecule has 2 unspecified atom stereocenters. The predicted octanol–water partition coefficient (Wildman–Crippen LogP) is 5.20. The lowest BCUT2D eigenvalue weighted by atomic mass is 10.1. The number of carbonyl (C=O) groups is 1. The number of rotatable bonds is 13. The van der Waals surface area contributed by atoms with Crippen molar-refractivity contribution in [2.24, 2.45) is 0 Å². The Bertz CT molecular complexity index is 432. The summed E-state index contributed by atoms with van der Waals surface area (Å²) in [6, 6.07) is 0. The number of carboxylic acids is 1. The first-order valence-corrected chi connectivity index (χ1v) is 8.79. The van der Waals surface area contributed by atoms with Crippen LogP contribution in [0.25, 0.3) is 0 Å². The number of ether oxygens (including phenoxy) is 1. The molecule has 0 aromatic heterocycles. The van der Waals surface area contributed by atoms with Gasteiger partial charge in [0, 0.05) is 0 Å². The first-order valence-electron chi connectivity index (χ1n) is 8.79. The van der Waals surface area contributed by atoms with E-state index in [9.17, 15) is 4.79 Å². The van der Waals surface area contributed by atoms with E-state index < -0.39 is 12.1 Å². The molecule has 3 heteroatoms. The molecule has 3 nitrogen and oxygen atoms in total. The fraction of sp³-hybridized carbons (Fsp3) is 0.550. The van der Waals surface area contributed by atoms with Crippen LogP contribution < -0.4 is 0 Å². The second kappa shape index (κ2) is 12.9. The van der Waals surface area contributed by atoms with Gasteiger partial charge in [0.1, 0.15) is 0 Å². The second-order valence-corrected chi connectivity index (χ2v) is 5.84. The molecular formula is C20H30O3. The molecule has 128 valence electrons. The summed E-state index contributed by atoms with van der Waals surface area (Å²) in [6.45, 7) is 2.24. The highest BCUT2D eigenvalue weighted by molar-refractivity contribution is 5.75. The maximum absolute atomic E-state index is 10.6. The van der Waals surface area contributed by atoms with E-state index in [1.807, 2.05) is 36.5 Å². The van der Waals surface area contributed by atoms with E-state index in [0.717, 1.165) is 19.3 Å². The summed E-state index contributed by atoms with van der Waals surface area (Å²) < 4.78 is 5.03. The Hall–Kier alpha value is -1.61. The number of carboxylic acid groups (broad SMARTS) is 1. The molecule has 1 aliphatic heterocycles. The van der Waals surface area contributed by atoms with E-state index in [1.165, 1.54) is 32.1 Å². The molecule has 2 atom stereocenters. The quantitative estimate of drug-likeness (QED) is 0.288. The Morgan fingerprint density at radius 1 is 0.913 bits per heavy atom. The highest BCUT2D eigenvalue weighted by Gasteiger charge is 2.44. The zero-order valence-corrected chi connectivity index (χ0v) is 14.2. The first kappa shape index (κ1) is 19.4. The van der Waals surface area contributed by atoms with Crippen molar-refractivity contribution in [2.75, 3.05) is 0 Å². The SMILES string of the molecule is CCCCCCCC=CC=CC=CC=CCCC1OC1C(=O)O. The number of epoxide rings is 1. The van der Waals surface area contributed by atoms with Gasteiger partial charge >= 0.3 is 5.97 Å². The fourth-order valence-electron chi connectivity index (χ4n) is 2.31. The van der Waals surface area contributed by atoms with Gasteiger partial charge in [-0.15, -0.1) is 0 Å². The van der Waals surface area contributed by atoms with Crippen molar-refractivity contribution in [3.8, 4) is 0 Å². The maximum Gasteiger partial charge on any atom is 0.335 e. The largest absolute Gasteiger partial charge is 0.479 e. The van der Waals surface area contributed by atoms with Crippen LogP contribution in [0.1, 0.15) is 58.3 Å². The molecule has 1 rings (SSSR count). The molecule has 23 heavy (non-hydrogen) atoms. The predicted molar refractivity (Wildman–Crippen MR) is 95.5 cm³/mol. The van der Waals surface area contributed by atoms with E-state index >= 15 is 0 Å². The Balaban J connectivity index is 1.94. The van der Waals surface area contributed by atoms with Crippen molar-refractivity contribution < 1.29 is 14.6 Å². The molecule has 0 spiro atoms. The molecular weight excluding hydrogens is 288 g/mol. The topological polar surface area (TPSA) is 49.8 Å². The molecule has 0 aliphatic carbocycles. The van der Waals surface area contributed by atoms with Crippen LogP contribution in [0.3, 0.4) is 0 Å². The summed E-state index contributed by atoms with van der Waals surface area (Å²) >= 11 is 0. The van der Waals surface area contributed by atoms with Gasteiger partial charge in [0.25, 0.3) is 0 Å². The molecule has 0 aromatic carbocycles. The summed E-state index contributed by atoms with van der Waals surface area (Å²) in [5.41, 5.74) is 0. The minimum absolute atomic E-state index is 0.0897. The zero-order chi connectivity index (χ0) is 16.8. The van der Waals surface area contributed by atoms with Gasteiger partial charge in [0.2, 0.25) is 0 Å². The van der Waals surface area contributed by atoms with Gasteiger partial charge in [0.05, 0.1) is 6.10 Å². The van der Waals surface area contributed by atoms with Crippen molar-refractivity contribution in [3.63, 3.8) is 0 Å². The van der Waals surface area contributed by atoms with Gasteiger partial charge in [-0.25, -0.2) is 4.79 Å². The maximum atomic E-state index is 10.6. The van der Waals surface area contributed by atoms with Crippen LogP contribution in [0.2, 0.25) is 0 Å². The van der Waals surface area contributed by atoms with E-state index in [1.54, 1.807) is 0 Å². The van der Waals surface area contributed by atoms with Crippen LogP contribution in [0, 0.1) is 0 Å². The third-order valence-corrected chi connectivity index (χ3v) is 3.75. The molecule has 0 bridgehead atoms. The monoisotopic (exact) mass is 318 g/mol. The number of allylic oxidation sites excluding steroid dienone is 8. The van der Waals surface area contributed by atoms with Crippen LogP contribution in [-0.4, -0.2) is 23.3 Å². The fourth-order valence-corrected chi connectivity index (χ4v) is 2.31. The standard InChI is InChI=1S/C20H30O3/c1-2-3-4-5-6-7-8-9-10-11-12-13-14-15-16-17-18-19(23-18)20(21)22/h8-15,18-19H,2-7,16-17H2,1H3,(H,21,22). The highest BCUT2D eigenvalue weighted by atomic mass is 16.6. The Morgan fingerprint density at radius 3 is 2.13 bits per heavy atom. The normalized spacial score (nSPS) is 21.3. The summed E-state index contributed by atoms with van der Waals surface area (Å²) in [5, 5.41) is 8.68. The second-order valence-electron chi connectivity index (χ2n) is 5.84. The molecule has 1 aliphatic rings. The molecule has 1 fully saturated rings. The van der Waals surface area contributed by atoms with Crippen molar-refractivity contribution >= 4 is 5.97 Å². The van der Waals surface area contributed by atoms with Crippen molar-refractivity contribution in [1.29, 1.82) is 0 Å². The van der Waals surface area contributed by atoms with Crippen LogP contribution >= 0.6 is 0 Å². The van der Waals surface area contributed by atoms with Gasteiger partial charge in [-0.1, -0.05) is 81.2 Å². The average molecular weight is 318 g/mol. The average Bonchev–Trinajstić information content (AvgIpc) is 3.31. The van der Waals surface area contributed by atoms with E-state index in [2.05, 4.69) is 19.1 Å². The van der Waals surface area contributed by atoms with Gasteiger partial charge in [-0.3, -0.25) is 0 Å². The lowest BCUT2D eigenvalue weighted by Gasteiger charge is -1.95.